The summed E-state index contributed by atoms with van der Waals surface area (Å²) in [4.78, 5) is 2.32. The predicted molar refractivity (Wildman–Crippen MR) is 75.8 cm³/mol. The first-order chi connectivity index (χ1) is 8.11. The summed E-state index contributed by atoms with van der Waals surface area (Å²) < 4.78 is 0.967. The third-order valence-corrected chi connectivity index (χ3v) is 3.64. The van der Waals surface area contributed by atoms with E-state index in [9.17, 15) is 0 Å². The van der Waals surface area contributed by atoms with Crippen LogP contribution in [0.15, 0.2) is 22.7 Å². The summed E-state index contributed by atoms with van der Waals surface area (Å²) in [5.74, 6) is 0.967. The molecule has 3 N–H and O–H groups in total. The number of anilines is 1. The van der Waals surface area contributed by atoms with Crippen LogP contribution in [-0.4, -0.2) is 18.9 Å². The highest BCUT2D eigenvalue weighted by Crippen LogP contribution is 2.33. The van der Waals surface area contributed by atoms with E-state index < -0.39 is 0 Å². The molecule has 1 saturated carbocycles. The van der Waals surface area contributed by atoms with Crippen LogP contribution in [0.2, 0.25) is 0 Å². The summed E-state index contributed by atoms with van der Waals surface area (Å²) >= 11 is 3.43. The van der Waals surface area contributed by atoms with Crippen LogP contribution < -0.4 is 10.6 Å². The quantitative estimate of drug-likeness (QED) is 0.648. The molecule has 92 valence electrons. The van der Waals surface area contributed by atoms with Crippen LogP contribution in [-0.2, 0) is 0 Å². The highest BCUT2D eigenvalue weighted by atomic mass is 79.9. The Morgan fingerprint density at radius 2 is 2.24 bits per heavy atom. The molecule has 1 fully saturated rings. The summed E-state index contributed by atoms with van der Waals surface area (Å²) in [6, 6.07) is 5.98. The third kappa shape index (κ3) is 3.00. The Bertz CT molecular complexity index is 427. The molecular weight excluding hydrogens is 278 g/mol. The number of amidine groups is 1. The maximum absolute atomic E-state index is 7.67. The van der Waals surface area contributed by atoms with Crippen LogP contribution in [0.1, 0.15) is 25.3 Å². The van der Waals surface area contributed by atoms with Gasteiger partial charge in [0.05, 0.1) is 0 Å². The lowest BCUT2D eigenvalue weighted by Crippen LogP contribution is -2.28. The maximum atomic E-state index is 7.67. The molecule has 1 aromatic carbocycles. The molecule has 0 aromatic heterocycles. The van der Waals surface area contributed by atoms with Crippen molar-refractivity contribution in [3.8, 4) is 0 Å². The second kappa shape index (κ2) is 5.08. The Kier molecular flexibility index (Phi) is 3.72. The fourth-order valence-electron chi connectivity index (χ4n) is 2.01. The van der Waals surface area contributed by atoms with Gasteiger partial charge in [0.1, 0.15) is 5.84 Å². The van der Waals surface area contributed by atoms with Crippen molar-refractivity contribution < 1.29 is 0 Å². The average molecular weight is 296 g/mol. The molecule has 0 saturated heterocycles. The molecule has 3 nitrogen and oxygen atoms in total. The largest absolute Gasteiger partial charge is 0.384 e. The minimum absolute atomic E-state index is 0.135. The van der Waals surface area contributed by atoms with Gasteiger partial charge in [-0.05, 0) is 43.9 Å². The molecule has 0 heterocycles. The summed E-state index contributed by atoms with van der Waals surface area (Å²) in [5, 5.41) is 7.67. The first kappa shape index (κ1) is 12.4. The summed E-state index contributed by atoms with van der Waals surface area (Å²) in [7, 11) is 0. The van der Waals surface area contributed by atoms with Crippen LogP contribution in [0.25, 0.3) is 0 Å². The van der Waals surface area contributed by atoms with Gasteiger partial charge in [-0.15, -0.1) is 0 Å². The van der Waals surface area contributed by atoms with Gasteiger partial charge in [0.15, 0.2) is 0 Å². The Balaban J connectivity index is 2.30. The van der Waals surface area contributed by atoms with Gasteiger partial charge in [-0.25, -0.2) is 0 Å². The Hall–Kier alpha value is -1.03. The van der Waals surface area contributed by atoms with E-state index >= 15 is 0 Å². The van der Waals surface area contributed by atoms with Gasteiger partial charge in [0.2, 0.25) is 0 Å². The standard InChI is InChI=1S/C13H18BrN3/c1-2-17(8-9-3-4-9)12-6-5-10(14)7-11(12)13(15)16/h5-7,9H,2-4,8H2,1H3,(H3,15,16). The smallest absolute Gasteiger partial charge is 0.124 e. The number of nitrogens with one attached hydrogen (secondary N) is 1. The van der Waals surface area contributed by atoms with E-state index in [1.165, 1.54) is 12.8 Å². The number of nitrogens with zero attached hydrogens (tertiary/aromatic N) is 1. The number of benzene rings is 1. The van der Waals surface area contributed by atoms with Gasteiger partial charge in [-0.3, -0.25) is 5.41 Å². The van der Waals surface area contributed by atoms with Gasteiger partial charge in [-0.1, -0.05) is 15.9 Å². The van der Waals surface area contributed by atoms with Gasteiger partial charge >= 0.3 is 0 Å². The molecule has 0 radical (unpaired) electrons. The number of nitrogens with two attached hydrogens (primary N) is 1. The van der Waals surface area contributed by atoms with E-state index in [2.05, 4.69) is 27.8 Å². The Morgan fingerprint density at radius 1 is 1.53 bits per heavy atom. The van der Waals surface area contributed by atoms with Gasteiger partial charge in [-0.2, -0.15) is 0 Å². The van der Waals surface area contributed by atoms with Crippen molar-refractivity contribution >= 4 is 27.5 Å². The predicted octanol–water partition coefficient (Wildman–Crippen LogP) is 2.97. The Morgan fingerprint density at radius 3 is 2.76 bits per heavy atom. The first-order valence-corrected chi connectivity index (χ1v) is 6.80. The lowest BCUT2D eigenvalue weighted by Gasteiger charge is -2.25. The van der Waals surface area contributed by atoms with Crippen molar-refractivity contribution in [3.63, 3.8) is 0 Å². The molecule has 0 amide bonds. The van der Waals surface area contributed by atoms with Gasteiger partial charge < -0.3 is 10.6 Å². The van der Waals surface area contributed by atoms with Crippen LogP contribution in [0.5, 0.6) is 0 Å². The fourth-order valence-corrected chi connectivity index (χ4v) is 2.37. The molecule has 0 unspecified atom stereocenters. The highest BCUT2D eigenvalue weighted by Gasteiger charge is 2.25. The van der Waals surface area contributed by atoms with Crippen molar-refractivity contribution in [3.05, 3.63) is 28.2 Å². The summed E-state index contributed by atoms with van der Waals surface area (Å²) in [6.45, 7) is 4.19. The molecule has 17 heavy (non-hydrogen) atoms. The van der Waals surface area contributed by atoms with Crippen LogP contribution in [0.3, 0.4) is 0 Å². The zero-order valence-corrected chi connectivity index (χ0v) is 11.6. The van der Waals surface area contributed by atoms with Crippen molar-refractivity contribution in [1.82, 2.24) is 0 Å². The van der Waals surface area contributed by atoms with Gasteiger partial charge in [0.25, 0.3) is 0 Å². The molecule has 0 aliphatic heterocycles. The van der Waals surface area contributed by atoms with E-state index in [1.807, 2.05) is 18.2 Å². The molecule has 0 atom stereocenters. The van der Waals surface area contributed by atoms with E-state index in [1.54, 1.807) is 0 Å². The zero-order valence-electron chi connectivity index (χ0n) is 10.0. The molecule has 0 spiro atoms. The van der Waals surface area contributed by atoms with Crippen LogP contribution in [0.4, 0.5) is 5.69 Å². The lowest BCUT2D eigenvalue weighted by molar-refractivity contribution is 0.741. The Labute approximate surface area is 111 Å². The summed E-state index contributed by atoms with van der Waals surface area (Å²) in [6.07, 6.45) is 2.67. The van der Waals surface area contributed by atoms with Crippen LogP contribution in [0, 0.1) is 11.3 Å². The van der Waals surface area contributed by atoms with E-state index in [0.29, 0.717) is 0 Å². The molecule has 0 bridgehead atoms. The maximum Gasteiger partial charge on any atom is 0.124 e. The number of halogens is 1. The normalized spacial score (nSPS) is 14.7. The topological polar surface area (TPSA) is 53.1 Å². The summed E-state index contributed by atoms with van der Waals surface area (Å²) in [5.41, 5.74) is 7.56. The monoisotopic (exact) mass is 295 g/mol. The van der Waals surface area contributed by atoms with Crippen molar-refractivity contribution in [2.24, 2.45) is 11.7 Å². The van der Waals surface area contributed by atoms with Crippen molar-refractivity contribution in [2.45, 2.75) is 19.8 Å². The number of hydrogen-bond donors (Lipinski definition) is 2. The van der Waals surface area contributed by atoms with Crippen molar-refractivity contribution in [1.29, 1.82) is 5.41 Å². The molecular formula is C13H18BrN3. The molecule has 1 aliphatic rings. The van der Waals surface area contributed by atoms with Crippen molar-refractivity contribution in [2.75, 3.05) is 18.0 Å². The fraction of sp³-hybridized carbons (Fsp3) is 0.462. The molecule has 2 rings (SSSR count). The average Bonchev–Trinajstić information content (AvgIpc) is 3.10. The minimum Gasteiger partial charge on any atom is -0.384 e. The zero-order chi connectivity index (χ0) is 12.4. The number of nitrogen functional groups attached to an aromatic ring is 1. The molecule has 1 aliphatic carbocycles. The van der Waals surface area contributed by atoms with Gasteiger partial charge in [0, 0.05) is 28.8 Å². The molecule has 1 aromatic rings. The highest BCUT2D eigenvalue weighted by molar-refractivity contribution is 9.10. The second-order valence-electron chi connectivity index (χ2n) is 4.56. The minimum atomic E-state index is 0.135. The second-order valence-corrected chi connectivity index (χ2v) is 5.47. The van der Waals surface area contributed by atoms with Crippen LogP contribution >= 0.6 is 15.9 Å². The SMILES string of the molecule is CCN(CC1CC1)c1ccc(Br)cc1C(=N)N. The number of rotatable bonds is 5. The van der Waals surface area contributed by atoms with E-state index in [4.69, 9.17) is 11.1 Å². The third-order valence-electron chi connectivity index (χ3n) is 3.15. The van der Waals surface area contributed by atoms with E-state index in [0.717, 1.165) is 34.7 Å². The number of hydrogen-bond acceptors (Lipinski definition) is 2. The molecule has 4 heteroatoms. The van der Waals surface area contributed by atoms with E-state index in [-0.39, 0.29) is 5.84 Å². The first-order valence-electron chi connectivity index (χ1n) is 6.00. The lowest BCUT2D eigenvalue weighted by atomic mass is 10.1.